The molecule has 0 aliphatic rings. The van der Waals surface area contributed by atoms with E-state index in [1.807, 2.05) is 0 Å². The second-order valence-corrected chi connectivity index (χ2v) is 8.54. The summed E-state index contributed by atoms with van der Waals surface area (Å²) < 4.78 is 14.8. The zero-order valence-corrected chi connectivity index (χ0v) is 18.3. The van der Waals surface area contributed by atoms with Crippen molar-refractivity contribution in [3.63, 3.8) is 0 Å². The molecular formula is C22H23FN4O4S. The molecule has 2 aromatic heterocycles. The zero-order chi connectivity index (χ0) is 23.5. The van der Waals surface area contributed by atoms with E-state index in [-0.39, 0.29) is 35.8 Å². The average Bonchev–Trinajstić information content (AvgIpc) is 3.15. The molecule has 2 amide bonds. The van der Waals surface area contributed by atoms with Gasteiger partial charge in [-0.25, -0.2) is 9.37 Å². The van der Waals surface area contributed by atoms with Gasteiger partial charge in [0.15, 0.2) is 0 Å². The van der Waals surface area contributed by atoms with Crippen molar-refractivity contribution in [2.24, 2.45) is 5.73 Å². The fraction of sp³-hybridized carbons (Fsp3) is 0.227. The minimum Gasteiger partial charge on any atom is -0.395 e. The standard InChI is InChI=1S/C22H23FN4O4S/c1-22(2,31)12-6-7-13(15(23)10-12)17-11-14(19(24)29)21(32-17)27-18-5-3-4-16(26-18)20(30)25-8-9-28/h3-7,10-11,28,31H,8-9H2,1-2H3,(H2,24,29)(H,25,30)(H,26,27). The first-order valence-corrected chi connectivity index (χ1v) is 10.5. The molecule has 0 unspecified atom stereocenters. The third-order valence-corrected chi connectivity index (χ3v) is 5.64. The first-order valence-electron chi connectivity index (χ1n) is 9.69. The van der Waals surface area contributed by atoms with Crippen LogP contribution in [0.1, 0.15) is 40.3 Å². The lowest BCUT2D eigenvalue weighted by Crippen LogP contribution is -2.27. The van der Waals surface area contributed by atoms with Crippen LogP contribution in [0, 0.1) is 5.82 Å². The molecule has 32 heavy (non-hydrogen) atoms. The molecule has 0 bridgehead atoms. The summed E-state index contributed by atoms with van der Waals surface area (Å²) in [5.41, 5.74) is 5.25. The number of aliphatic hydroxyl groups is 2. The highest BCUT2D eigenvalue weighted by molar-refractivity contribution is 7.19. The third kappa shape index (κ3) is 5.28. The summed E-state index contributed by atoms with van der Waals surface area (Å²) in [6, 6.07) is 10.6. The maximum absolute atomic E-state index is 14.8. The van der Waals surface area contributed by atoms with E-state index in [9.17, 15) is 19.1 Å². The van der Waals surface area contributed by atoms with Crippen molar-refractivity contribution < 1.29 is 24.2 Å². The second kappa shape index (κ2) is 9.43. The van der Waals surface area contributed by atoms with E-state index in [0.717, 1.165) is 11.3 Å². The number of nitrogens with one attached hydrogen (secondary N) is 2. The smallest absolute Gasteiger partial charge is 0.270 e. The van der Waals surface area contributed by atoms with Gasteiger partial charge in [-0.05, 0) is 43.7 Å². The number of amides is 2. The molecule has 10 heteroatoms. The fourth-order valence-electron chi connectivity index (χ4n) is 2.90. The third-order valence-electron chi connectivity index (χ3n) is 4.56. The van der Waals surface area contributed by atoms with Crippen molar-refractivity contribution in [1.29, 1.82) is 0 Å². The number of aliphatic hydroxyl groups excluding tert-OH is 1. The largest absolute Gasteiger partial charge is 0.395 e. The Bertz CT molecular complexity index is 1160. The number of nitrogens with two attached hydrogens (primary N) is 1. The Morgan fingerprint density at radius 1 is 1.22 bits per heavy atom. The second-order valence-electron chi connectivity index (χ2n) is 7.48. The Morgan fingerprint density at radius 2 is 1.97 bits per heavy atom. The average molecular weight is 459 g/mol. The van der Waals surface area contributed by atoms with Crippen LogP contribution in [0.3, 0.4) is 0 Å². The van der Waals surface area contributed by atoms with Gasteiger partial charge in [0, 0.05) is 17.0 Å². The van der Waals surface area contributed by atoms with Gasteiger partial charge in [0.05, 0.1) is 17.8 Å². The highest BCUT2D eigenvalue weighted by atomic mass is 32.1. The molecule has 0 saturated heterocycles. The van der Waals surface area contributed by atoms with E-state index in [1.54, 1.807) is 32.0 Å². The highest BCUT2D eigenvalue weighted by Gasteiger charge is 2.21. The number of benzene rings is 1. The van der Waals surface area contributed by atoms with E-state index in [4.69, 9.17) is 10.8 Å². The maximum atomic E-state index is 14.8. The van der Waals surface area contributed by atoms with E-state index in [0.29, 0.717) is 15.4 Å². The van der Waals surface area contributed by atoms with Crippen molar-refractivity contribution in [3.05, 3.63) is 65.1 Å². The lowest BCUT2D eigenvalue weighted by Gasteiger charge is -2.18. The number of aromatic nitrogens is 1. The number of hydrogen-bond donors (Lipinski definition) is 5. The van der Waals surface area contributed by atoms with Gasteiger partial charge in [0.2, 0.25) is 0 Å². The van der Waals surface area contributed by atoms with Crippen molar-refractivity contribution in [2.75, 3.05) is 18.5 Å². The number of primary amides is 1. The summed E-state index contributed by atoms with van der Waals surface area (Å²) in [6.45, 7) is 3.02. The Hall–Kier alpha value is -3.34. The number of nitrogens with zero attached hydrogens (tertiary/aromatic N) is 1. The molecule has 3 rings (SSSR count). The Morgan fingerprint density at radius 3 is 2.59 bits per heavy atom. The molecule has 0 atom stereocenters. The summed E-state index contributed by atoms with van der Waals surface area (Å²) >= 11 is 1.10. The number of carbonyl (C=O) groups excluding carboxylic acids is 2. The lowest BCUT2D eigenvalue weighted by molar-refractivity contribution is 0.0782. The Labute approximate surface area is 187 Å². The molecule has 6 N–H and O–H groups in total. The zero-order valence-electron chi connectivity index (χ0n) is 17.5. The number of hydrogen-bond acceptors (Lipinski definition) is 7. The predicted octanol–water partition coefficient (Wildman–Crippen LogP) is 2.74. The van der Waals surface area contributed by atoms with Crippen LogP contribution in [0.25, 0.3) is 10.4 Å². The van der Waals surface area contributed by atoms with Gasteiger partial charge in [-0.2, -0.15) is 0 Å². The lowest BCUT2D eigenvalue weighted by atomic mass is 9.96. The molecule has 1 aromatic carbocycles. The highest BCUT2D eigenvalue weighted by Crippen LogP contribution is 2.38. The van der Waals surface area contributed by atoms with Crippen LogP contribution < -0.4 is 16.4 Å². The fourth-order valence-corrected chi connectivity index (χ4v) is 4.00. The van der Waals surface area contributed by atoms with Gasteiger partial charge < -0.3 is 26.6 Å². The molecule has 0 radical (unpaired) electrons. The molecule has 3 aromatic rings. The first-order chi connectivity index (χ1) is 15.1. The first kappa shape index (κ1) is 23.3. The number of carbonyl (C=O) groups is 2. The van der Waals surface area contributed by atoms with E-state index in [1.165, 1.54) is 24.3 Å². The molecule has 8 nitrogen and oxygen atoms in total. The van der Waals surface area contributed by atoms with E-state index < -0.39 is 23.2 Å². The van der Waals surface area contributed by atoms with Gasteiger partial charge in [-0.1, -0.05) is 18.2 Å². The van der Waals surface area contributed by atoms with Crippen LogP contribution in [-0.2, 0) is 5.60 Å². The van der Waals surface area contributed by atoms with Crippen molar-refractivity contribution in [3.8, 4) is 10.4 Å². The predicted molar refractivity (Wildman–Crippen MR) is 120 cm³/mol. The molecule has 0 fully saturated rings. The molecule has 2 heterocycles. The Kier molecular flexibility index (Phi) is 6.87. The number of pyridine rings is 1. The normalized spacial score (nSPS) is 11.3. The molecule has 168 valence electrons. The maximum Gasteiger partial charge on any atom is 0.270 e. The summed E-state index contributed by atoms with van der Waals surface area (Å²) in [7, 11) is 0. The molecular weight excluding hydrogens is 435 g/mol. The van der Waals surface area contributed by atoms with Crippen molar-refractivity contribution in [1.82, 2.24) is 10.3 Å². The van der Waals surface area contributed by atoms with Crippen molar-refractivity contribution >= 4 is 34.0 Å². The van der Waals surface area contributed by atoms with Crippen LogP contribution in [0.4, 0.5) is 15.2 Å². The summed E-state index contributed by atoms with van der Waals surface area (Å²) in [5.74, 6) is -1.43. The van der Waals surface area contributed by atoms with Gasteiger partial charge in [-0.3, -0.25) is 9.59 Å². The van der Waals surface area contributed by atoms with Crippen molar-refractivity contribution in [2.45, 2.75) is 19.4 Å². The van der Waals surface area contributed by atoms with Gasteiger partial charge in [0.1, 0.15) is 22.3 Å². The quantitative estimate of drug-likeness (QED) is 0.352. The van der Waals surface area contributed by atoms with Gasteiger partial charge in [-0.15, -0.1) is 11.3 Å². The van der Waals surface area contributed by atoms with Crippen LogP contribution in [0.5, 0.6) is 0 Å². The minimum atomic E-state index is -1.19. The molecule has 0 spiro atoms. The van der Waals surface area contributed by atoms with Gasteiger partial charge in [0.25, 0.3) is 11.8 Å². The Balaban J connectivity index is 1.93. The summed E-state index contributed by atoms with van der Waals surface area (Å²) in [4.78, 5) is 28.7. The van der Waals surface area contributed by atoms with Crippen LogP contribution in [-0.4, -0.2) is 40.2 Å². The van der Waals surface area contributed by atoms with Crippen LogP contribution in [0.2, 0.25) is 0 Å². The monoisotopic (exact) mass is 458 g/mol. The summed E-state index contributed by atoms with van der Waals surface area (Å²) in [5, 5.41) is 24.7. The number of halogens is 1. The van der Waals surface area contributed by atoms with Crippen LogP contribution >= 0.6 is 11.3 Å². The minimum absolute atomic E-state index is 0.0933. The van der Waals surface area contributed by atoms with Gasteiger partial charge >= 0.3 is 0 Å². The molecule has 0 saturated carbocycles. The van der Waals surface area contributed by atoms with Crippen LogP contribution in [0.15, 0.2) is 42.5 Å². The number of anilines is 2. The molecule has 0 aliphatic heterocycles. The number of thiophene rings is 1. The van der Waals surface area contributed by atoms with E-state index >= 15 is 0 Å². The molecule has 0 aliphatic carbocycles. The number of rotatable bonds is 8. The van der Waals surface area contributed by atoms with E-state index in [2.05, 4.69) is 15.6 Å². The summed E-state index contributed by atoms with van der Waals surface area (Å²) in [6.07, 6.45) is 0. The SMILES string of the molecule is CC(C)(O)c1ccc(-c2cc(C(N)=O)c(Nc3cccc(C(=O)NCCO)n3)s2)c(F)c1. The topological polar surface area (TPSA) is 138 Å².